The summed E-state index contributed by atoms with van der Waals surface area (Å²) in [7, 11) is 0. The van der Waals surface area contributed by atoms with Crippen LogP contribution in [0.15, 0.2) is 0 Å². The lowest BCUT2D eigenvalue weighted by Gasteiger charge is -1.93. The van der Waals surface area contributed by atoms with Crippen LogP contribution >= 0.6 is 12.6 Å². The molecule has 0 spiro atoms. The molecule has 0 atom stereocenters. The fraction of sp³-hybridized carbons (Fsp3) is 0.667. The van der Waals surface area contributed by atoms with Crippen LogP contribution in [0.5, 0.6) is 0 Å². The van der Waals surface area contributed by atoms with Crippen molar-refractivity contribution in [1.29, 1.82) is 0 Å². The lowest BCUT2D eigenvalue weighted by Crippen LogP contribution is -2.28. The van der Waals surface area contributed by atoms with Crippen LogP contribution in [0.25, 0.3) is 0 Å². The molecule has 1 amide bonds. The Labute approximate surface area is 47.7 Å². The quantitative estimate of drug-likeness (QED) is 0.322. The molecule has 42 valence electrons. The summed E-state index contributed by atoms with van der Waals surface area (Å²) >= 11 is 3.73. The number of hydrogen-bond acceptors (Lipinski definition) is 3. The summed E-state index contributed by atoms with van der Waals surface area (Å²) < 4.78 is 0. The summed E-state index contributed by atoms with van der Waals surface area (Å²) in [6, 6.07) is 0. The van der Waals surface area contributed by atoms with Gasteiger partial charge in [0.2, 0.25) is 5.91 Å². The molecule has 0 aromatic carbocycles. The van der Waals surface area contributed by atoms with Crippen LogP contribution in [-0.4, -0.2) is 18.3 Å². The first-order valence-electron chi connectivity index (χ1n) is 1.89. The van der Waals surface area contributed by atoms with Crippen molar-refractivity contribution in [2.75, 3.05) is 12.4 Å². The van der Waals surface area contributed by atoms with E-state index in [1.165, 1.54) is 0 Å². The molecule has 0 aliphatic rings. The highest BCUT2D eigenvalue weighted by Crippen LogP contribution is 1.63. The number of hydrogen-bond donors (Lipinski definition) is 3. The maximum absolute atomic E-state index is 10.1. The molecule has 0 saturated carbocycles. The molecule has 3 nitrogen and oxygen atoms in total. The summed E-state index contributed by atoms with van der Waals surface area (Å²) in [6.07, 6.45) is 0. The molecule has 0 aromatic heterocycles. The summed E-state index contributed by atoms with van der Waals surface area (Å²) in [5.74, 6) is 0.186. The van der Waals surface area contributed by atoms with Crippen molar-refractivity contribution in [3.05, 3.63) is 0 Å². The number of carbonyl (C=O) groups excluding carboxylic acids is 1. The molecule has 0 saturated heterocycles. The number of thiol groups is 1. The molecule has 0 radical (unpaired) electrons. The molecule has 0 aliphatic carbocycles. The minimum absolute atomic E-state index is 0.0422. The van der Waals surface area contributed by atoms with Gasteiger partial charge in [-0.05, 0) is 0 Å². The largest absolute Gasteiger partial charge is 0.346 e. The van der Waals surface area contributed by atoms with Crippen LogP contribution in [-0.2, 0) is 4.79 Å². The predicted octanol–water partition coefficient (Wildman–Crippen LogP) is -1.05. The molecule has 0 unspecified atom stereocenters. The second-order valence-corrected chi connectivity index (χ2v) is 1.28. The monoisotopic (exact) mass is 120 g/mol. The highest BCUT2D eigenvalue weighted by atomic mass is 32.1. The second kappa shape index (κ2) is 3.95. The van der Waals surface area contributed by atoms with E-state index in [2.05, 4.69) is 17.9 Å². The molecule has 4 heteroatoms. The van der Waals surface area contributed by atoms with Gasteiger partial charge in [-0.25, -0.2) is 0 Å². The van der Waals surface area contributed by atoms with Gasteiger partial charge in [-0.2, -0.15) is 12.6 Å². The van der Waals surface area contributed by atoms with Crippen molar-refractivity contribution in [1.82, 2.24) is 5.32 Å². The third kappa shape index (κ3) is 3.61. The zero-order valence-electron chi connectivity index (χ0n) is 3.85. The topological polar surface area (TPSA) is 55.1 Å². The van der Waals surface area contributed by atoms with Crippen LogP contribution in [0.2, 0.25) is 0 Å². The molecule has 3 N–H and O–H groups in total. The molecular formula is C3H8N2OS. The summed E-state index contributed by atoms with van der Waals surface area (Å²) in [5.41, 5.74) is 4.91. The van der Waals surface area contributed by atoms with E-state index in [4.69, 9.17) is 5.73 Å². The predicted molar refractivity (Wildman–Crippen MR) is 31.1 cm³/mol. The first kappa shape index (κ1) is 6.78. The van der Waals surface area contributed by atoms with Crippen LogP contribution in [0.1, 0.15) is 0 Å². The highest BCUT2D eigenvalue weighted by molar-refractivity contribution is 7.80. The Morgan fingerprint density at radius 3 is 2.57 bits per heavy atom. The fourth-order valence-electron chi connectivity index (χ4n) is 0.160. The van der Waals surface area contributed by atoms with Gasteiger partial charge in [0, 0.05) is 0 Å². The van der Waals surface area contributed by atoms with E-state index in [9.17, 15) is 4.79 Å². The number of amides is 1. The fourth-order valence-corrected chi connectivity index (χ4v) is 0.337. The zero-order chi connectivity index (χ0) is 5.70. The molecule has 0 rings (SSSR count). The Kier molecular flexibility index (Phi) is 3.83. The lowest BCUT2D eigenvalue weighted by molar-refractivity contribution is -0.119. The highest BCUT2D eigenvalue weighted by Gasteiger charge is 1.88. The summed E-state index contributed by atoms with van der Waals surface area (Å²) in [4.78, 5) is 10.1. The van der Waals surface area contributed by atoms with Crippen LogP contribution in [0.3, 0.4) is 0 Å². The Morgan fingerprint density at radius 2 is 2.43 bits per heavy atom. The van der Waals surface area contributed by atoms with Crippen molar-refractivity contribution >= 4 is 18.5 Å². The Hall–Kier alpha value is -0.220. The van der Waals surface area contributed by atoms with E-state index < -0.39 is 0 Å². The molecule has 0 fully saturated rings. The van der Waals surface area contributed by atoms with Crippen molar-refractivity contribution in [2.24, 2.45) is 5.73 Å². The van der Waals surface area contributed by atoms with Crippen molar-refractivity contribution < 1.29 is 4.79 Å². The average molecular weight is 120 g/mol. The normalized spacial score (nSPS) is 8.29. The van der Waals surface area contributed by atoms with E-state index in [0.717, 1.165) is 0 Å². The van der Waals surface area contributed by atoms with Crippen molar-refractivity contribution in [2.45, 2.75) is 0 Å². The number of rotatable bonds is 2. The molecule has 0 aliphatic heterocycles. The third-order valence-corrected chi connectivity index (χ3v) is 0.620. The first-order valence-corrected chi connectivity index (χ1v) is 2.52. The van der Waals surface area contributed by atoms with Gasteiger partial charge in [0.05, 0.1) is 12.4 Å². The molecule has 7 heavy (non-hydrogen) atoms. The SMILES string of the molecule is NCC(=O)NCS. The average Bonchev–Trinajstić information content (AvgIpc) is 1.68. The lowest BCUT2D eigenvalue weighted by atomic mass is 10.6. The maximum Gasteiger partial charge on any atom is 0.234 e. The van der Waals surface area contributed by atoms with E-state index in [1.54, 1.807) is 0 Å². The summed E-state index contributed by atoms with van der Waals surface area (Å²) in [6.45, 7) is 0.0422. The minimum Gasteiger partial charge on any atom is -0.346 e. The molecule has 0 aromatic rings. The van der Waals surface area contributed by atoms with Gasteiger partial charge in [-0.1, -0.05) is 0 Å². The Balaban J connectivity index is 3.00. The molecular weight excluding hydrogens is 112 g/mol. The minimum atomic E-state index is -0.171. The first-order chi connectivity index (χ1) is 3.31. The van der Waals surface area contributed by atoms with E-state index in [0.29, 0.717) is 5.88 Å². The van der Waals surface area contributed by atoms with Gasteiger partial charge in [0.1, 0.15) is 0 Å². The van der Waals surface area contributed by atoms with Gasteiger partial charge >= 0.3 is 0 Å². The Morgan fingerprint density at radius 1 is 1.86 bits per heavy atom. The molecule has 0 bridgehead atoms. The zero-order valence-corrected chi connectivity index (χ0v) is 4.74. The van der Waals surface area contributed by atoms with Gasteiger partial charge < -0.3 is 11.1 Å². The van der Waals surface area contributed by atoms with E-state index in [1.807, 2.05) is 0 Å². The summed E-state index contributed by atoms with van der Waals surface area (Å²) in [5, 5.41) is 2.40. The van der Waals surface area contributed by atoms with Crippen LogP contribution < -0.4 is 11.1 Å². The third-order valence-electron chi connectivity index (χ3n) is 0.462. The van der Waals surface area contributed by atoms with Crippen molar-refractivity contribution in [3.8, 4) is 0 Å². The van der Waals surface area contributed by atoms with E-state index in [-0.39, 0.29) is 12.5 Å². The van der Waals surface area contributed by atoms with Gasteiger partial charge in [0.25, 0.3) is 0 Å². The van der Waals surface area contributed by atoms with Gasteiger partial charge in [-0.3, -0.25) is 4.79 Å². The number of carbonyl (C=O) groups is 1. The number of nitrogens with one attached hydrogen (secondary N) is 1. The smallest absolute Gasteiger partial charge is 0.234 e. The maximum atomic E-state index is 10.1. The van der Waals surface area contributed by atoms with Crippen LogP contribution in [0, 0.1) is 0 Å². The standard InChI is InChI=1S/C3H8N2OS/c4-1-3(6)5-2-7/h7H,1-2,4H2,(H,5,6). The van der Waals surface area contributed by atoms with E-state index >= 15 is 0 Å². The molecule has 0 heterocycles. The van der Waals surface area contributed by atoms with Gasteiger partial charge in [0.15, 0.2) is 0 Å². The Bertz CT molecular complexity index is 66.0. The van der Waals surface area contributed by atoms with Crippen molar-refractivity contribution in [3.63, 3.8) is 0 Å². The van der Waals surface area contributed by atoms with Gasteiger partial charge in [-0.15, -0.1) is 0 Å². The van der Waals surface area contributed by atoms with Crippen LogP contribution in [0.4, 0.5) is 0 Å². The number of nitrogens with two attached hydrogens (primary N) is 1. The second-order valence-electron chi connectivity index (χ2n) is 0.962.